The van der Waals surface area contributed by atoms with Crippen LogP contribution in [0.5, 0.6) is 5.75 Å². The third-order valence-corrected chi connectivity index (χ3v) is 4.22. The Morgan fingerprint density at radius 3 is 2.86 bits per heavy atom. The number of carboxylic acids is 1. The lowest BCUT2D eigenvalue weighted by Crippen LogP contribution is -2.33. The maximum atomic E-state index is 12.2. The molecule has 1 amide bonds. The maximum absolute atomic E-state index is 12.2. The standard InChI is InChI=1S/C14H13NO4S2/c1-19-10-5-3-2-4-9(10)8-11-13(18)15(14(20)21-11)7-6-12(16)17/h2-5,8H,6-7H2,1H3,(H,16,17)/p-1/b11-8+. The molecule has 110 valence electrons. The summed E-state index contributed by atoms with van der Waals surface area (Å²) >= 11 is 6.25. The molecular formula is C14H12NO4S2-. The van der Waals surface area contributed by atoms with Crippen molar-refractivity contribution >= 4 is 46.3 Å². The summed E-state index contributed by atoms with van der Waals surface area (Å²) in [6.45, 7) is 0.0241. The van der Waals surface area contributed by atoms with Crippen LogP contribution in [0.3, 0.4) is 0 Å². The first kappa shape index (κ1) is 15.5. The minimum Gasteiger partial charge on any atom is -0.550 e. The van der Waals surface area contributed by atoms with Crippen molar-refractivity contribution in [2.24, 2.45) is 0 Å². The number of methoxy groups -OCH3 is 1. The average Bonchev–Trinajstić information content (AvgIpc) is 2.72. The number of nitrogens with zero attached hydrogens (tertiary/aromatic N) is 1. The van der Waals surface area contributed by atoms with Crippen molar-refractivity contribution in [2.75, 3.05) is 13.7 Å². The second-order valence-electron chi connectivity index (χ2n) is 4.20. The predicted molar refractivity (Wildman–Crippen MR) is 82.5 cm³/mol. The van der Waals surface area contributed by atoms with Gasteiger partial charge in [0, 0.05) is 24.5 Å². The van der Waals surface area contributed by atoms with E-state index in [1.807, 2.05) is 18.2 Å². The van der Waals surface area contributed by atoms with Gasteiger partial charge < -0.3 is 14.6 Å². The average molecular weight is 322 g/mol. The van der Waals surface area contributed by atoms with E-state index < -0.39 is 5.97 Å². The molecule has 1 fully saturated rings. The van der Waals surface area contributed by atoms with Crippen molar-refractivity contribution in [3.63, 3.8) is 0 Å². The van der Waals surface area contributed by atoms with Crippen LogP contribution in [0.2, 0.25) is 0 Å². The molecule has 1 saturated heterocycles. The zero-order valence-electron chi connectivity index (χ0n) is 11.2. The molecule has 2 rings (SSSR count). The number of amides is 1. The van der Waals surface area contributed by atoms with Gasteiger partial charge in [0.25, 0.3) is 5.91 Å². The summed E-state index contributed by atoms with van der Waals surface area (Å²) in [4.78, 5) is 24.4. The van der Waals surface area contributed by atoms with E-state index in [9.17, 15) is 14.7 Å². The second-order valence-corrected chi connectivity index (χ2v) is 5.87. The maximum Gasteiger partial charge on any atom is 0.266 e. The molecule has 1 heterocycles. The minimum absolute atomic E-state index is 0.0241. The quantitative estimate of drug-likeness (QED) is 0.596. The van der Waals surface area contributed by atoms with Crippen LogP contribution < -0.4 is 9.84 Å². The molecule has 0 radical (unpaired) electrons. The smallest absolute Gasteiger partial charge is 0.266 e. The van der Waals surface area contributed by atoms with Crippen molar-refractivity contribution in [3.8, 4) is 5.75 Å². The lowest BCUT2D eigenvalue weighted by Gasteiger charge is -2.14. The molecule has 5 nitrogen and oxygen atoms in total. The molecule has 0 spiro atoms. The number of carbonyl (C=O) groups is 2. The van der Waals surface area contributed by atoms with E-state index in [0.29, 0.717) is 15.0 Å². The van der Waals surface area contributed by atoms with Gasteiger partial charge in [-0.1, -0.05) is 42.2 Å². The summed E-state index contributed by atoms with van der Waals surface area (Å²) in [6, 6.07) is 7.29. The van der Waals surface area contributed by atoms with Crippen molar-refractivity contribution < 1.29 is 19.4 Å². The van der Waals surface area contributed by atoms with Gasteiger partial charge in [0.2, 0.25) is 0 Å². The molecule has 7 heteroatoms. The Morgan fingerprint density at radius 2 is 2.19 bits per heavy atom. The summed E-state index contributed by atoms with van der Waals surface area (Å²) in [5, 5.41) is 10.5. The van der Waals surface area contributed by atoms with Gasteiger partial charge in [-0.2, -0.15) is 0 Å². The molecular weight excluding hydrogens is 310 g/mol. The zero-order valence-corrected chi connectivity index (χ0v) is 12.8. The summed E-state index contributed by atoms with van der Waals surface area (Å²) in [6.07, 6.45) is 1.45. The normalized spacial score (nSPS) is 16.6. The van der Waals surface area contributed by atoms with Crippen LogP contribution in [-0.2, 0) is 9.59 Å². The van der Waals surface area contributed by atoms with Gasteiger partial charge in [0.05, 0.1) is 12.0 Å². The topological polar surface area (TPSA) is 69.7 Å². The third-order valence-electron chi connectivity index (χ3n) is 2.84. The van der Waals surface area contributed by atoms with Crippen LogP contribution in [0.4, 0.5) is 0 Å². The number of benzene rings is 1. The number of para-hydroxylation sites is 1. The van der Waals surface area contributed by atoms with Crippen LogP contribution in [-0.4, -0.2) is 34.8 Å². The highest BCUT2D eigenvalue weighted by Gasteiger charge is 2.31. The fraction of sp³-hybridized carbons (Fsp3) is 0.214. The first-order valence-corrected chi connectivity index (χ1v) is 7.33. The van der Waals surface area contributed by atoms with E-state index in [1.54, 1.807) is 19.3 Å². The minimum atomic E-state index is -1.21. The van der Waals surface area contributed by atoms with E-state index in [-0.39, 0.29) is 18.9 Å². The molecule has 1 aromatic carbocycles. The highest BCUT2D eigenvalue weighted by Crippen LogP contribution is 2.34. The van der Waals surface area contributed by atoms with Crippen molar-refractivity contribution in [1.29, 1.82) is 0 Å². The Bertz CT molecular complexity index is 627. The highest BCUT2D eigenvalue weighted by atomic mass is 32.2. The molecule has 0 aromatic heterocycles. The van der Waals surface area contributed by atoms with Crippen LogP contribution in [0.1, 0.15) is 12.0 Å². The van der Waals surface area contributed by atoms with Gasteiger partial charge in [-0.3, -0.25) is 9.69 Å². The second kappa shape index (κ2) is 6.73. The zero-order chi connectivity index (χ0) is 15.4. The Hall–Kier alpha value is -1.86. The van der Waals surface area contributed by atoms with Crippen molar-refractivity contribution in [1.82, 2.24) is 4.90 Å². The van der Waals surface area contributed by atoms with Gasteiger partial charge >= 0.3 is 0 Å². The van der Waals surface area contributed by atoms with Crippen LogP contribution in [0, 0.1) is 0 Å². The Kier molecular flexibility index (Phi) is 4.98. The molecule has 1 aromatic rings. The summed E-state index contributed by atoms with van der Waals surface area (Å²) in [7, 11) is 1.55. The van der Waals surface area contributed by atoms with E-state index in [0.717, 1.165) is 17.3 Å². The van der Waals surface area contributed by atoms with E-state index in [1.165, 1.54) is 4.90 Å². The van der Waals surface area contributed by atoms with Gasteiger partial charge in [0.15, 0.2) is 0 Å². The number of carboxylic acid groups (broad SMARTS) is 1. The lowest BCUT2D eigenvalue weighted by molar-refractivity contribution is -0.305. The number of hydrogen-bond acceptors (Lipinski definition) is 6. The van der Waals surface area contributed by atoms with E-state index in [4.69, 9.17) is 17.0 Å². The monoisotopic (exact) mass is 322 g/mol. The fourth-order valence-electron chi connectivity index (χ4n) is 1.82. The first-order valence-electron chi connectivity index (χ1n) is 6.11. The number of thioether (sulfide) groups is 1. The Morgan fingerprint density at radius 1 is 1.48 bits per heavy atom. The number of aliphatic carboxylic acids is 1. The molecule has 0 bridgehead atoms. The fourth-order valence-corrected chi connectivity index (χ4v) is 3.12. The summed E-state index contributed by atoms with van der Waals surface area (Å²) in [5.41, 5.74) is 0.764. The lowest BCUT2D eigenvalue weighted by atomic mass is 10.2. The molecule has 0 aliphatic carbocycles. The Balaban J connectivity index is 2.22. The molecule has 0 atom stereocenters. The number of hydrogen-bond donors (Lipinski definition) is 0. The van der Waals surface area contributed by atoms with Gasteiger partial charge in [-0.15, -0.1) is 0 Å². The highest BCUT2D eigenvalue weighted by molar-refractivity contribution is 8.26. The molecule has 0 N–H and O–H groups in total. The number of rotatable bonds is 5. The number of thiocarbonyl (C=S) groups is 1. The predicted octanol–water partition coefficient (Wildman–Crippen LogP) is 1.04. The van der Waals surface area contributed by atoms with Crippen LogP contribution in [0.25, 0.3) is 6.08 Å². The largest absolute Gasteiger partial charge is 0.550 e. The van der Waals surface area contributed by atoms with Crippen molar-refractivity contribution in [3.05, 3.63) is 34.7 Å². The Labute approximate surface area is 131 Å². The van der Waals surface area contributed by atoms with Gasteiger partial charge in [-0.25, -0.2) is 0 Å². The summed E-state index contributed by atoms with van der Waals surface area (Å²) < 4.78 is 5.58. The summed E-state index contributed by atoms with van der Waals surface area (Å²) in [5.74, 6) is -0.854. The van der Waals surface area contributed by atoms with E-state index >= 15 is 0 Å². The number of ether oxygens (including phenoxy) is 1. The third kappa shape index (κ3) is 3.62. The molecule has 0 saturated carbocycles. The molecule has 1 aliphatic heterocycles. The van der Waals surface area contributed by atoms with Crippen LogP contribution >= 0.6 is 24.0 Å². The van der Waals surface area contributed by atoms with Crippen molar-refractivity contribution in [2.45, 2.75) is 6.42 Å². The SMILES string of the molecule is COc1ccccc1/C=C1/SC(=S)N(CCC(=O)[O-])C1=O. The van der Waals surface area contributed by atoms with Crippen LogP contribution in [0.15, 0.2) is 29.2 Å². The number of carbonyl (C=O) groups excluding carboxylic acids is 2. The van der Waals surface area contributed by atoms with E-state index in [2.05, 4.69) is 0 Å². The van der Waals surface area contributed by atoms with Gasteiger partial charge in [0.1, 0.15) is 10.1 Å². The molecule has 1 aliphatic rings. The molecule has 21 heavy (non-hydrogen) atoms. The first-order chi connectivity index (χ1) is 10.0. The molecule has 0 unspecified atom stereocenters. The van der Waals surface area contributed by atoms with Gasteiger partial charge in [-0.05, 0) is 12.1 Å².